The second-order valence-electron chi connectivity index (χ2n) is 9.26. The molecule has 2 aromatic rings. The molecule has 2 aliphatic rings. The van der Waals surface area contributed by atoms with Crippen LogP contribution in [0.5, 0.6) is 5.75 Å². The molecule has 2 fully saturated rings. The summed E-state index contributed by atoms with van der Waals surface area (Å²) in [6, 6.07) is 3.64. The lowest BCUT2D eigenvalue weighted by atomic mass is 9.99. The maximum absolute atomic E-state index is 12.9. The summed E-state index contributed by atoms with van der Waals surface area (Å²) in [5.41, 5.74) is 3.30. The van der Waals surface area contributed by atoms with E-state index in [1.165, 1.54) is 0 Å². The number of anilines is 2. The molecule has 0 aliphatic carbocycles. The maximum atomic E-state index is 12.9. The Morgan fingerprint density at radius 3 is 2.43 bits per heavy atom. The monoisotopic (exact) mass is 477 g/mol. The SMILES string of the molecule is CC(C)=C/N=C(\C)c1ccc(O[C@@H]2CCN(c3cnc(N4CC(C(=O)N(C)C)C4)nc3)C2=O)cn1. The Labute approximate surface area is 205 Å². The summed E-state index contributed by atoms with van der Waals surface area (Å²) in [6.07, 6.45) is 6.69. The van der Waals surface area contributed by atoms with Crippen LogP contribution >= 0.6 is 0 Å². The Morgan fingerprint density at radius 2 is 1.83 bits per heavy atom. The topological polar surface area (TPSA) is 104 Å². The molecule has 35 heavy (non-hydrogen) atoms. The Morgan fingerprint density at radius 1 is 1.11 bits per heavy atom. The number of pyridine rings is 1. The first-order valence-electron chi connectivity index (χ1n) is 11.6. The van der Waals surface area contributed by atoms with Crippen molar-refractivity contribution < 1.29 is 14.3 Å². The van der Waals surface area contributed by atoms with Crippen LogP contribution in [0.1, 0.15) is 32.9 Å². The summed E-state index contributed by atoms with van der Waals surface area (Å²) in [5, 5.41) is 0. The quantitative estimate of drug-likeness (QED) is 0.564. The van der Waals surface area contributed by atoms with E-state index in [1.807, 2.05) is 31.7 Å². The summed E-state index contributed by atoms with van der Waals surface area (Å²) >= 11 is 0. The summed E-state index contributed by atoms with van der Waals surface area (Å²) < 4.78 is 5.92. The van der Waals surface area contributed by atoms with Crippen LogP contribution in [0, 0.1) is 5.92 Å². The van der Waals surface area contributed by atoms with Crippen molar-refractivity contribution in [3.63, 3.8) is 0 Å². The predicted octanol–water partition coefficient (Wildman–Crippen LogP) is 2.31. The van der Waals surface area contributed by atoms with Crippen molar-refractivity contribution >= 4 is 29.2 Å². The van der Waals surface area contributed by atoms with E-state index in [4.69, 9.17) is 4.74 Å². The number of aliphatic imine (C=N–C) groups is 1. The van der Waals surface area contributed by atoms with Gasteiger partial charge in [0.05, 0.1) is 41.6 Å². The zero-order valence-electron chi connectivity index (χ0n) is 20.8. The van der Waals surface area contributed by atoms with E-state index in [1.54, 1.807) is 54.8 Å². The van der Waals surface area contributed by atoms with Crippen molar-refractivity contribution in [1.29, 1.82) is 0 Å². The first-order chi connectivity index (χ1) is 16.7. The molecule has 0 saturated carbocycles. The number of carbonyl (C=O) groups is 2. The molecule has 0 spiro atoms. The lowest BCUT2D eigenvalue weighted by Gasteiger charge is -2.39. The summed E-state index contributed by atoms with van der Waals surface area (Å²) in [4.78, 5) is 47.8. The van der Waals surface area contributed by atoms with E-state index in [-0.39, 0.29) is 17.7 Å². The fourth-order valence-corrected chi connectivity index (χ4v) is 3.92. The summed E-state index contributed by atoms with van der Waals surface area (Å²) in [5.74, 6) is 1.06. The molecular weight excluding hydrogens is 446 g/mol. The van der Waals surface area contributed by atoms with Gasteiger partial charge in [-0.1, -0.05) is 5.57 Å². The van der Waals surface area contributed by atoms with Gasteiger partial charge in [-0.05, 0) is 32.9 Å². The molecule has 10 nitrogen and oxygen atoms in total. The lowest BCUT2D eigenvalue weighted by Crippen LogP contribution is -2.54. The van der Waals surface area contributed by atoms with Gasteiger partial charge in [-0.15, -0.1) is 0 Å². The molecule has 0 bridgehead atoms. The Kier molecular flexibility index (Phi) is 7.09. The van der Waals surface area contributed by atoms with Crippen molar-refractivity contribution in [2.75, 3.05) is 43.5 Å². The van der Waals surface area contributed by atoms with Gasteiger partial charge in [-0.25, -0.2) is 9.97 Å². The number of nitrogens with zero attached hydrogens (tertiary/aromatic N) is 7. The predicted molar refractivity (Wildman–Crippen MR) is 134 cm³/mol. The molecule has 4 rings (SSSR count). The first-order valence-corrected chi connectivity index (χ1v) is 11.6. The second kappa shape index (κ2) is 10.2. The lowest BCUT2D eigenvalue weighted by molar-refractivity contribution is -0.133. The number of carbonyl (C=O) groups excluding carboxylic acids is 2. The van der Waals surface area contributed by atoms with Crippen LogP contribution in [-0.2, 0) is 9.59 Å². The molecule has 184 valence electrons. The van der Waals surface area contributed by atoms with Gasteiger partial charge in [0, 0.05) is 46.4 Å². The molecule has 2 aliphatic heterocycles. The molecule has 2 aromatic heterocycles. The number of ether oxygens (including phenoxy) is 1. The molecule has 10 heteroatoms. The minimum Gasteiger partial charge on any atom is -0.479 e. The van der Waals surface area contributed by atoms with Crippen LogP contribution in [0.25, 0.3) is 0 Å². The van der Waals surface area contributed by atoms with Crippen LogP contribution in [0.2, 0.25) is 0 Å². The maximum Gasteiger partial charge on any atom is 0.268 e. The highest BCUT2D eigenvalue weighted by atomic mass is 16.5. The molecule has 0 radical (unpaired) electrons. The van der Waals surface area contributed by atoms with Crippen LogP contribution in [0.15, 0.2) is 47.5 Å². The Bertz CT molecular complexity index is 1130. The number of allylic oxidation sites excluding steroid dienone is 1. The Hall–Kier alpha value is -3.82. The molecule has 2 amide bonds. The normalized spacial score (nSPS) is 18.4. The number of hydrogen-bond donors (Lipinski definition) is 0. The zero-order chi connectivity index (χ0) is 25.1. The van der Waals surface area contributed by atoms with Gasteiger partial charge in [0.1, 0.15) is 5.75 Å². The number of amides is 2. The van der Waals surface area contributed by atoms with E-state index in [0.29, 0.717) is 43.4 Å². The first kappa shape index (κ1) is 24.3. The third-order valence-electron chi connectivity index (χ3n) is 5.95. The highest BCUT2D eigenvalue weighted by Crippen LogP contribution is 2.27. The number of rotatable bonds is 7. The third kappa shape index (κ3) is 5.47. The fourth-order valence-electron chi connectivity index (χ4n) is 3.92. The van der Waals surface area contributed by atoms with E-state index in [0.717, 1.165) is 17.0 Å². The van der Waals surface area contributed by atoms with Crippen LogP contribution in [-0.4, -0.2) is 77.2 Å². The van der Waals surface area contributed by atoms with Gasteiger partial charge >= 0.3 is 0 Å². The van der Waals surface area contributed by atoms with E-state index >= 15 is 0 Å². The van der Waals surface area contributed by atoms with Crippen LogP contribution in [0.3, 0.4) is 0 Å². The molecule has 0 aromatic carbocycles. The largest absolute Gasteiger partial charge is 0.479 e. The third-order valence-corrected chi connectivity index (χ3v) is 5.95. The summed E-state index contributed by atoms with van der Waals surface area (Å²) in [7, 11) is 3.52. The second-order valence-corrected chi connectivity index (χ2v) is 9.26. The standard InChI is InChI=1S/C25H31N7O3/c1-16(2)10-26-17(3)21-7-6-20(13-27-21)35-22-8-9-32(24(22)34)19-11-28-25(29-12-19)31-14-18(15-31)23(33)30(4)5/h6-7,10-13,18,22H,8-9,14-15H2,1-5H3/b26-17+/t22-/m1/s1. The van der Waals surface area contributed by atoms with Gasteiger partial charge in [0.25, 0.3) is 5.91 Å². The smallest absolute Gasteiger partial charge is 0.268 e. The van der Waals surface area contributed by atoms with Gasteiger partial charge in [0.15, 0.2) is 6.10 Å². The van der Waals surface area contributed by atoms with Crippen LogP contribution < -0.4 is 14.5 Å². The van der Waals surface area contributed by atoms with Crippen molar-refractivity contribution in [3.8, 4) is 5.75 Å². The van der Waals surface area contributed by atoms with Crippen molar-refractivity contribution in [2.45, 2.75) is 33.3 Å². The van der Waals surface area contributed by atoms with Crippen molar-refractivity contribution in [1.82, 2.24) is 19.9 Å². The minimum atomic E-state index is -0.587. The average molecular weight is 478 g/mol. The molecule has 2 saturated heterocycles. The van der Waals surface area contributed by atoms with E-state index in [9.17, 15) is 9.59 Å². The fraction of sp³-hybridized carbons (Fsp3) is 0.440. The molecule has 4 heterocycles. The summed E-state index contributed by atoms with van der Waals surface area (Å²) in [6.45, 7) is 7.60. The van der Waals surface area contributed by atoms with Gasteiger partial charge in [0.2, 0.25) is 11.9 Å². The highest BCUT2D eigenvalue weighted by Gasteiger charge is 2.37. The van der Waals surface area contributed by atoms with E-state index in [2.05, 4.69) is 19.9 Å². The Balaban J connectivity index is 1.33. The highest BCUT2D eigenvalue weighted by molar-refractivity contribution is 5.99. The van der Waals surface area contributed by atoms with Gasteiger partial charge in [-0.3, -0.25) is 19.6 Å². The molecular formula is C25H31N7O3. The molecule has 1 atom stereocenters. The zero-order valence-corrected chi connectivity index (χ0v) is 20.8. The van der Waals surface area contributed by atoms with Crippen molar-refractivity contribution in [3.05, 3.63) is 48.2 Å². The van der Waals surface area contributed by atoms with Crippen molar-refractivity contribution in [2.24, 2.45) is 10.9 Å². The minimum absolute atomic E-state index is 0.0246. The van der Waals surface area contributed by atoms with Crippen LogP contribution in [0.4, 0.5) is 11.6 Å². The van der Waals surface area contributed by atoms with Gasteiger partial charge in [-0.2, -0.15) is 0 Å². The number of aromatic nitrogens is 3. The molecule has 0 N–H and O–H groups in total. The van der Waals surface area contributed by atoms with Gasteiger partial charge < -0.3 is 19.4 Å². The average Bonchev–Trinajstić information content (AvgIpc) is 3.17. The number of hydrogen-bond acceptors (Lipinski definition) is 8. The molecule has 0 unspecified atom stereocenters. The van der Waals surface area contributed by atoms with E-state index < -0.39 is 6.10 Å².